The molecule has 1 fully saturated rings. The first kappa shape index (κ1) is 14.1. The summed E-state index contributed by atoms with van der Waals surface area (Å²) in [7, 11) is 1.46. The molecule has 1 heterocycles. The van der Waals surface area contributed by atoms with Gasteiger partial charge in [-0.2, -0.15) is 0 Å². The first-order valence-corrected chi connectivity index (χ1v) is 6.71. The number of carbonyl (C=O) groups is 1. The number of carbonyl (C=O) groups excluding carboxylic acids is 1. The van der Waals surface area contributed by atoms with Crippen LogP contribution in [0.1, 0.15) is 30.0 Å². The second-order valence-electron chi connectivity index (χ2n) is 5.75. The third-order valence-corrected chi connectivity index (χ3v) is 4.03. The Labute approximate surface area is 114 Å². The molecule has 1 aliphatic heterocycles. The topological polar surface area (TPSA) is 35.5 Å². The molecule has 0 aromatic heterocycles. The lowest BCUT2D eigenvalue weighted by atomic mass is 9.73. The van der Waals surface area contributed by atoms with Crippen LogP contribution in [0, 0.1) is 19.8 Å². The number of hydrogen-bond donors (Lipinski definition) is 0. The molecule has 0 spiro atoms. The molecular formula is C16H22O3. The van der Waals surface area contributed by atoms with Gasteiger partial charge in [0.05, 0.1) is 25.7 Å². The average Bonchev–Trinajstić information content (AvgIpc) is 2.35. The highest BCUT2D eigenvalue weighted by molar-refractivity contribution is 5.83. The number of benzene rings is 1. The Bertz CT molecular complexity index is 477. The van der Waals surface area contributed by atoms with Gasteiger partial charge in [0.15, 0.2) is 0 Å². The zero-order valence-corrected chi connectivity index (χ0v) is 12.2. The van der Waals surface area contributed by atoms with E-state index in [0.717, 1.165) is 30.8 Å². The van der Waals surface area contributed by atoms with E-state index in [1.54, 1.807) is 0 Å². The minimum atomic E-state index is -0.584. The molecule has 1 unspecified atom stereocenters. The molecular weight excluding hydrogens is 240 g/mol. The van der Waals surface area contributed by atoms with E-state index >= 15 is 0 Å². The quantitative estimate of drug-likeness (QED) is 0.783. The lowest BCUT2D eigenvalue weighted by molar-refractivity contribution is -0.149. The zero-order chi connectivity index (χ0) is 14.0. The van der Waals surface area contributed by atoms with Crippen LogP contribution in [0.5, 0.6) is 0 Å². The van der Waals surface area contributed by atoms with Crippen molar-refractivity contribution in [3.63, 3.8) is 0 Å². The number of ether oxygens (including phenoxy) is 2. The maximum atomic E-state index is 12.3. The molecule has 1 aliphatic rings. The molecule has 0 saturated carbocycles. The van der Waals surface area contributed by atoms with Crippen molar-refractivity contribution in [1.82, 2.24) is 0 Å². The van der Waals surface area contributed by atoms with Crippen molar-refractivity contribution in [3.05, 3.63) is 34.9 Å². The Hall–Kier alpha value is -1.35. The van der Waals surface area contributed by atoms with Crippen molar-refractivity contribution in [2.45, 2.75) is 32.6 Å². The summed E-state index contributed by atoms with van der Waals surface area (Å²) in [6.45, 7) is 7.58. The maximum Gasteiger partial charge on any atom is 0.316 e. The van der Waals surface area contributed by atoms with Gasteiger partial charge in [0, 0.05) is 5.92 Å². The standard InChI is InChI=1S/C16H22O3/c1-11-5-6-12(2)14(7-11)16(3,15(17)18-4)8-13-9-19-10-13/h5-7,13H,8-10H2,1-4H3. The molecule has 1 saturated heterocycles. The number of methoxy groups -OCH3 is 1. The number of esters is 1. The van der Waals surface area contributed by atoms with Crippen LogP contribution in [0.25, 0.3) is 0 Å². The first-order valence-electron chi connectivity index (χ1n) is 6.71. The molecule has 0 radical (unpaired) electrons. The highest BCUT2D eigenvalue weighted by atomic mass is 16.5. The van der Waals surface area contributed by atoms with Crippen LogP contribution in [0.15, 0.2) is 18.2 Å². The van der Waals surface area contributed by atoms with E-state index in [1.807, 2.05) is 20.8 Å². The highest BCUT2D eigenvalue weighted by Gasteiger charge is 2.41. The van der Waals surface area contributed by atoms with Crippen LogP contribution in [0.3, 0.4) is 0 Å². The summed E-state index contributed by atoms with van der Waals surface area (Å²) in [6, 6.07) is 6.25. The summed E-state index contributed by atoms with van der Waals surface area (Å²) >= 11 is 0. The normalized spacial score (nSPS) is 18.5. The fourth-order valence-electron chi connectivity index (χ4n) is 2.84. The fraction of sp³-hybridized carbons (Fsp3) is 0.562. The maximum absolute atomic E-state index is 12.3. The lowest BCUT2D eigenvalue weighted by Gasteiger charge is -2.36. The Morgan fingerprint density at radius 3 is 2.63 bits per heavy atom. The highest BCUT2D eigenvalue weighted by Crippen LogP contribution is 2.37. The number of hydrogen-bond acceptors (Lipinski definition) is 3. The van der Waals surface area contributed by atoms with Gasteiger partial charge in [-0.05, 0) is 38.3 Å². The van der Waals surface area contributed by atoms with Crippen LogP contribution in [0.4, 0.5) is 0 Å². The van der Waals surface area contributed by atoms with Crippen molar-refractivity contribution in [2.75, 3.05) is 20.3 Å². The van der Waals surface area contributed by atoms with E-state index in [9.17, 15) is 4.79 Å². The number of rotatable bonds is 4. The minimum Gasteiger partial charge on any atom is -0.468 e. The lowest BCUT2D eigenvalue weighted by Crippen LogP contribution is -2.41. The van der Waals surface area contributed by atoms with Crippen LogP contribution in [0.2, 0.25) is 0 Å². The molecule has 1 aromatic carbocycles. The van der Waals surface area contributed by atoms with E-state index in [0.29, 0.717) is 5.92 Å². The Morgan fingerprint density at radius 1 is 1.42 bits per heavy atom. The summed E-state index contributed by atoms with van der Waals surface area (Å²) in [6.07, 6.45) is 0.782. The van der Waals surface area contributed by atoms with E-state index in [1.165, 1.54) is 12.7 Å². The van der Waals surface area contributed by atoms with E-state index in [-0.39, 0.29) is 5.97 Å². The van der Waals surface area contributed by atoms with Gasteiger partial charge in [-0.15, -0.1) is 0 Å². The first-order chi connectivity index (χ1) is 8.97. The van der Waals surface area contributed by atoms with Crippen molar-refractivity contribution >= 4 is 5.97 Å². The summed E-state index contributed by atoms with van der Waals surface area (Å²) in [5.41, 5.74) is 2.80. The van der Waals surface area contributed by atoms with Gasteiger partial charge in [0.1, 0.15) is 0 Å². The minimum absolute atomic E-state index is 0.159. The van der Waals surface area contributed by atoms with Gasteiger partial charge >= 0.3 is 5.97 Å². The SMILES string of the molecule is COC(=O)C(C)(CC1COC1)c1cc(C)ccc1C. The molecule has 0 bridgehead atoms. The van der Waals surface area contributed by atoms with Crippen LogP contribution in [-0.2, 0) is 19.7 Å². The van der Waals surface area contributed by atoms with Gasteiger partial charge in [-0.1, -0.05) is 23.8 Å². The summed E-state index contributed by atoms with van der Waals surface area (Å²) in [5, 5.41) is 0. The second kappa shape index (κ2) is 5.33. The fourth-order valence-corrected chi connectivity index (χ4v) is 2.84. The third kappa shape index (κ3) is 2.66. The molecule has 3 nitrogen and oxygen atoms in total. The molecule has 104 valence electrons. The van der Waals surface area contributed by atoms with Gasteiger partial charge in [-0.3, -0.25) is 4.79 Å². The molecule has 0 amide bonds. The van der Waals surface area contributed by atoms with E-state index in [4.69, 9.17) is 9.47 Å². The van der Waals surface area contributed by atoms with Crippen LogP contribution >= 0.6 is 0 Å². The third-order valence-electron chi connectivity index (χ3n) is 4.03. The smallest absolute Gasteiger partial charge is 0.316 e. The Balaban J connectivity index is 2.40. The van der Waals surface area contributed by atoms with Crippen LogP contribution in [-0.4, -0.2) is 26.3 Å². The van der Waals surface area contributed by atoms with Gasteiger partial charge in [0.2, 0.25) is 0 Å². The van der Waals surface area contributed by atoms with Crippen molar-refractivity contribution < 1.29 is 14.3 Å². The predicted octanol–water partition coefficient (Wildman–Crippen LogP) is 2.77. The Kier molecular flexibility index (Phi) is 3.95. The molecule has 3 heteroatoms. The van der Waals surface area contributed by atoms with Gasteiger partial charge < -0.3 is 9.47 Å². The van der Waals surface area contributed by atoms with Crippen molar-refractivity contribution in [3.8, 4) is 0 Å². The van der Waals surface area contributed by atoms with Gasteiger partial charge in [-0.25, -0.2) is 0 Å². The summed E-state index contributed by atoms with van der Waals surface area (Å²) in [5.74, 6) is 0.289. The molecule has 19 heavy (non-hydrogen) atoms. The van der Waals surface area contributed by atoms with Gasteiger partial charge in [0.25, 0.3) is 0 Å². The molecule has 1 aromatic rings. The molecule has 0 N–H and O–H groups in total. The summed E-state index contributed by atoms with van der Waals surface area (Å²) < 4.78 is 10.3. The second-order valence-corrected chi connectivity index (χ2v) is 5.75. The predicted molar refractivity (Wildman–Crippen MR) is 74.2 cm³/mol. The number of aryl methyl sites for hydroxylation is 2. The van der Waals surface area contributed by atoms with Crippen LogP contribution < -0.4 is 0 Å². The van der Waals surface area contributed by atoms with Crippen molar-refractivity contribution in [1.29, 1.82) is 0 Å². The molecule has 0 aliphatic carbocycles. The van der Waals surface area contributed by atoms with Crippen molar-refractivity contribution in [2.24, 2.45) is 5.92 Å². The summed E-state index contributed by atoms with van der Waals surface area (Å²) in [4.78, 5) is 12.3. The molecule has 2 rings (SSSR count). The zero-order valence-electron chi connectivity index (χ0n) is 12.2. The van der Waals surface area contributed by atoms with E-state index in [2.05, 4.69) is 18.2 Å². The molecule has 1 atom stereocenters. The Morgan fingerprint density at radius 2 is 2.11 bits per heavy atom. The monoisotopic (exact) mass is 262 g/mol. The largest absolute Gasteiger partial charge is 0.468 e. The average molecular weight is 262 g/mol. The van der Waals surface area contributed by atoms with E-state index < -0.39 is 5.41 Å².